The molecular weight excluding hydrogens is 230 g/mol. The van der Waals surface area contributed by atoms with Gasteiger partial charge >= 0.3 is 0 Å². The molecule has 2 rings (SSSR count). The van der Waals surface area contributed by atoms with E-state index < -0.39 is 0 Å². The lowest BCUT2D eigenvalue weighted by Gasteiger charge is -2.22. The van der Waals surface area contributed by atoms with Gasteiger partial charge < -0.3 is 10.1 Å². The second-order valence-corrected chi connectivity index (χ2v) is 4.00. The molecule has 1 N–H and O–H groups in total. The lowest BCUT2D eigenvalue weighted by Crippen LogP contribution is -2.40. The summed E-state index contributed by atoms with van der Waals surface area (Å²) in [6.07, 6.45) is 4.68. The molecule has 6 heteroatoms. The number of nitrogens with zero attached hydrogens (tertiary/aromatic N) is 2. The first-order valence-electron chi connectivity index (χ1n) is 5.12. The van der Waals surface area contributed by atoms with Crippen LogP contribution in [0.25, 0.3) is 0 Å². The number of hydrogen-bond donors (Lipinski definition) is 1. The number of halogens is 1. The van der Waals surface area contributed by atoms with E-state index >= 15 is 0 Å². The van der Waals surface area contributed by atoms with Crippen LogP contribution in [0.5, 0.6) is 0 Å². The zero-order chi connectivity index (χ0) is 11.4. The van der Waals surface area contributed by atoms with E-state index in [0.29, 0.717) is 6.61 Å². The minimum Gasteiger partial charge on any atom is -0.379 e. The maximum Gasteiger partial charge on any atom is 0.271 e. The summed E-state index contributed by atoms with van der Waals surface area (Å²) < 4.78 is 5.27. The van der Waals surface area contributed by atoms with Gasteiger partial charge in [0.2, 0.25) is 0 Å². The summed E-state index contributed by atoms with van der Waals surface area (Å²) in [5.41, 5.74) is 0.234. The molecule has 2 heterocycles. The molecule has 1 saturated heterocycles. The quantitative estimate of drug-likeness (QED) is 0.840. The van der Waals surface area contributed by atoms with Gasteiger partial charge in [-0.15, -0.1) is 0 Å². The SMILES string of the molecule is O=C(NC1CCCOC1)c1cncc(Cl)n1. The Labute approximate surface area is 98.2 Å². The Kier molecular flexibility index (Phi) is 3.69. The van der Waals surface area contributed by atoms with E-state index in [1.165, 1.54) is 12.4 Å². The molecule has 1 unspecified atom stereocenters. The summed E-state index contributed by atoms with van der Waals surface area (Å²) >= 11 is 5.65. The third-order valence-corrected chi connectivity index (χ3v) is 2.52. The first kappa shape index (κ1) is 11.3. The van der Waals surface area contributed by atoms with Gasteiger partial charge in [0.1, 0.15) is 10.8 Å². The van der Waals surface area contributed by atoms with Crippen LogP contribution >= 0.6 is 11.6 Å². The van der Waals surface area contributed by atoms with Crippen LogP contribution in [0.1, 0.15) is 23.3 Å². The van der Waals surface area contributed by atoms with Crippen molar-refractivity contribution in [3.05, 3.63) is 23.2 Å². The van der Waals surface area contributed by atoms with Crippen LogP contribution in [-0.2, 0) is 4.74 Å². The Morgan fingerprint density at radius 1 is 1.56 bits per heavy atom. The molecule has 0 bridgehead atoms. The molecule has 86 valence electrons. The van der Waals surface area contributed by atoms with E-state index in [0.717, 1.165) is 19.4 Å². The smallest absolute Gasteiger partial charge is 0.271 e. The minimum atomic E-state index is -0.259. The summed E-state index contributed by atoms with van der Waals surface area (Å²) in [5, 5.41) is 3.05. The first-order chi connectivity index (χ1) is 7.75. The van der Waals surface area contributed by atoms with Crippen molar-refractivity contribution in [1.29, 1.82) is 0 Å². The number of rotatable bonds is 2. The van der Waals surface area contributed by atoms with E-state index in [4.69, 9.17) is 16.3 Å². The van der Waals surface area contributed by atoms with Gasteiger partial charge in [-0.3, -0.25) is 9.78 Å². The van der Waals surface area contributed by atoms with Crippen molar-refractivity contribution in [3.8, 4) is 0 Å². The normalized spacial score (nSPS) is 20.4. The summed E-state index contributed by atoms with van der Waals surface area (Å²) in [4.78, 5) is 19.4. The molecule has 1 aromatic heterocycles. The molecule has 0 saturated carbocycles. The molecular formula is C10H12ClN3O2. The third-order valence-electron chi connectivity index (χ3n) is 2.33. The summed E-state index contributed by atoms with van der Waals surface area (Å²) in [6.45, 7) is 1.32. The van der Waals surface area contributed by atoms with Gasteiger partial charge in [-0.05, 0) is 12.8 Å². The van der Waals surface area contributed by atoms with Gasteiger partial charge in [0.15, 0.2) is 0 Å². The fraction of sp³-hybridized carbons (Fsp3) is 0.500. The first-order valence-corrected chi connectivity index (χ1v) is 5.49. The lowest BCUT2D eigenvalue weighted by molar-refractivity contribution is 0.0622. The topological polar surface area (TPSA) is 64.1 Å². The van der Waals surface area contributed by atoms with Crippen molar-refractivity contribution in [2.75, 3.05) is 13.2 Å². The van der Waals surface area contributed by atoms with Crippen molar-refractivity contribution < 1.29 is 9.53 Å². The Balaban J connectivity index is 1.97. The molecule has 1 amide bonds. The average molecular weight is 242 g/mol. The van der Waals surface area contributed by atoms with Crippen molar-refractivity contribution in [2.45, 2.75) is 18.9 Å². The minimum absolute atomic E-state index is 0.0574. The predicted molar refractivity (Wildman–Crippen MR) is 58.3 cm³/mol. The molecule has 16 heavy (non-hydrogen) atoms. The van der Waals surface area contributed by atoms with E-state index in [1.54, 1.807) is 0 Å². The van der Waals surface area contributed by atoms with Gasteiger partial charge in [0.25, 0.3) is 5.91 Å². The van der Waals surface area contributed by atoms with Gasteiger partial charge in [-0.2, -0.15) is 0 Å². The second kappa shape index (κ2) is 5.23. The average Bonchev–Trinajstić information content (AvgIpc) is 2.30. The van der Waals surface area contributed by atoms with E-state index in [9.17, 15) is 4.79 Å². The Hall–Kier alpha value is -1.20. The van der Waals surface area contributed by atoms with Crippen molar-refractivity contribution >= 4 is 17.5 Å². The van der Waals surface area contributed by atoms with Crippen molar-refractivity contribution in [3.63, 3.8) is 0 Å². The van der Waals surface area contributed by atoms with Crippen molar-refractivity contribution in [1.82, 2.24) is 15.3 Å². The largest absolute Gasteiger partial charge is 0.379 e. The summed E-state index contributed by atoms with van der Waals surface area (Å²) in [6, 6.07) is 0.0574. The van der Waals surface area contributed by atoms with E-state index in [-0.39, 0.29) is 22.8 Å². The molecule has 1 aliphatic rings. The van der Waals surface area contributed by atoms with Gasteiger partial charge in [-0.1, -0.05) is 11.6 Å². The van der Waals surface area contributed by atoms with Crippen LogP contribution in [0.3, 0.4) is 0 Å². The lowest BCUT2D eigenvalue weighted by atomic mass is 10.1. The summed E-state index contributed by atoms with van der Waals surface area (Å²) in [5.74, 6) is -0.259. The third kappa shape index (κ3) is 2.90. The Morgan fingerprint density at radius 2 is 2.44 bits per heavy atom. The number of nitrogens with one attached hydrogen (secondary N) is 1. The molecule has 1 aliphatic heterocycles. The standard InChI is InChI=1S/C10H12ClN3O2/c11-9-5-12-4-8(14-9)10(15)13-7-2-1-3-16-6-7/h4-5,7H,1-3,6H2,(H,13,15). The molecule has 0 radical (unpaired) electrons. The van der Waals surface area contributed by atoms with Crippen LogP contribution in [-0.4, -0.2) is 35.1 Å². The Morgan fingerprint density at radius 3 is 3.12 bits per heavy atom. The van der Waals surface area contributed by atoms with Crippen LogP contribution in [0.4, 0.5) is 0 Å². The second-order valence-electron chi connectivity index (χ2n) is 3.61. The highest BCUT2D eigenvalue weighted by molar-refractivity contribution is 6.29. The molecule has 5 nitrogen and oxygen atoms in total. The molecule has 0 aromatic carbocycles. The number of carbonyl (C=O) groups is 1. The van der Waals surface area contributed by atoms with Crippen LogP contribution in [0.15, 0.2) is 12.4 Å². The van der Waals surface area contributed by atoms with Crippen LogP contribution < -0.4 is 5.32 Å². The van der Waals surface area contributed by atoms with Crippen LogP contribution in [0, 0.1) is 0 Å². The zero-order valence-electron chi connectivity index (χ0n) is 8.65. The molecule has 1 fully saturated rings. The summed E-state index contributed by atoms with van der Waals surface area (Å²) in [7, 11) is 0. The highest BCUT2D eigenvalue weighted by Crippen LogP contribution is 2.07. The zero-order valence-corrected chi connectivity index (χ0v) is 9.41. The number of hydrogen-bond acceptors (Lipinski definition) is 4. The van der Waals surface area contributed by atoms with Gasteiger partial charge in [-0.25, -0.2) is 4.98 Å². The number of carbonyl (C=O) groups excluding carboxylic acids is 1. The van der Waals surface area contributed by atoms with Crippen molar-refractivity contribution in [2.24, 2.45) is 0 Å². The highest BCUT2D eigenvalue weighted by atomic mass is 35.5. The monoisotopic (exact) mass is 241 g/mol. The van der Waals surface area contributed by atoms with E-state index in [2.05, 4.69) is 15.3 Å². The maximum absolute atomic E-state index is 11.7. The van der Waals surface area contributed by atoms with Gasteiger partial charge in [0.05, 0.1) is 25.0 Å². The molecule has 1 aromatic rings. The fourth-order valence-corrected chi connectivity index (χ4v) is 1.71. The van der Waals surface area contributed by atoms with E-state index in [1.807, 2.05) is 0 Å². The molecule has 0 aliphatic carbocycles. The maximum atomic E-state index is 11.7. The highest BCUT2D eigenvalue weighted by Gasteiger charge is 2.17. The number of amides is 1. The molecule has 1 atom stereocenters. The predicted octanol–water partition coefficient (Wildman–Crippen LogP) is 1.04. The van der Waals surface area contributed by atoms with Crippen LogP contribution in [0.2, 0.25) is 5.15 Å². The number of aromatic nitrogens is 2. The Bertz CT molecular complexity index is 380. The van der Waals surface area contributed by atoms with Gasteiger partial charge in [0, 0.05) is 6.61 Å². The fourth-order valence-electron chi connectivity index (χ4n) is 1.57. The number of ether oxygens (including phenoxy) is 1. The molecule has 0 spiro atoms.